The molecule has 3 nitrogen and oxygen atoms in total. The number of nitrogens with zero attached hydrogens (tertiary/aromatic N) is 1. The van der Waals surface area contributed by atoms with E-state index in [9.17, 15) is 0 Å². The summed E-state index contributed by atoms with van der Waals surface area (Å²) in [6.07, 6.45) is 1.47. The first-order chi connectivity index (χ1) is 7.66. The fourth-order valence-corrected chi connectivity index (χ4v) is 2.60. The summed E-state index contributed by atoms with van der Waals surface area (Å²) in [4.78, 5) is 5.20. The lowest BCUT2D eigenvalue weighted by molar-refractivity contribution is 0.525. The van der Waals surface area contributed by atoms with E-state index in [1.807, 2.05) is 25.1 Å². The van der Waals surface area contributed by atoms with E-state index in [1.54, 1.807) is 11.8 Å². The molecule has 0 unspecified atom stereocenters. The minimum atomic E-state index is 0.772. The standard InChI is InChI=1S/C11H11BrN2OS/c1-7-10(14-6-15-7)5-16-11-3-2-8(12)4-9(11)13/h2-4,6H,5,13H2,1H3. The number of rotatable bonds is 3. The third kappa shape index (κ3) is 2.59. The molecular formula is C11H11BrN2OS. The first-order valence-electron chi connectivity index (χ1n) is 4.73. The van der Waals surface area contributed by atoms with Gasteiger partial charge in [0.25, 0.3) is 0 Å². The molecule has 0 fully saturated rings. The van der Waals surface area contributed by atoms with Crippen molar-refractivity contribution >= 4 is 33.4 Å². The van der Waals surface area contributed by atoms with Crippen molar-refractivity contribution in [3.63, 3.8) is 0 Å². The van der Waals surface area contributed by atoms with E-state index in [0.29, 0.717) is 0 Å². The number of hydrogen-bond acceptors (Lipinski definition) is 4. The Labute approximate surface area is 107 Å². The lowest BCUT2D eigenvalue weighted by Gasteiger charge is -2.04. The fourth-order valence-electron chi connectivity index (χ4n) is 1.26. The molecule has 2 N–H and O–H groups in total. The summed E-state index contributed by atoms with van der Waals surface area (Å²) in [6.45, 7) is 1.91. The Morgan fingerprint density at radius 2 is 2.31 bits per heavy atom. The Morgan fingerprint density at radius 1 is 1.50 bits per heavy atom. The molecule has 0 aliphatic rings. The minimum Gasteiger partial charge on any atom is -0.448 e. The van der Waals surface area contributed by atoms with Crippen LogP contribution in [0.4, 0.5) is 5.69 Å². The summed E-state index contributed by atoms with van der Waals surface area (Å²) in [5, 5.41) is 0. The zero-order valence-electron chi connectivity index (χ0n) is 8.74. The van der Waals surface area contributed by atoms with E-state index in [4.69, 9.17) is 10.2 Å². The first kappa shape index (κ1) is 11.5. The second-order valence-corrected chi connectivity index (χ2v) is 5.26. The molecule has 0 saturated heterocycles. The molecule has 1 aromatic heterocycles. The third-order valence-corrected chi connectivity index (χ3v) is 3.77. The van der Waals surface area contributed by atoms with Crippen LogP contribution in [0.25, 0.3) is 0 Å². The maximum Gasteiger partial charge on any atom is 0.181 e. The number of thioether (sulfide) groups is 1. The van der Waals surface area contributed by atoms with Gasteiger partial charge in [0.05, 0.1) is 5.69 Å². The lowest BCUT2D eigenvalue weighted by Crippen LogP contribution is -1.90. The summed E-state index contributed by atoms with van der Waals surface area (Å²) in [5.41, 5.74) is 7.65. The van der Waals surface area contributed by atoms with Gasteiger partial charge in [0, 0.05) is 20.8 Å². The second-order valence-electron chi connectivity index (χ2n) is 3.33. The molecule has 2 aromatic rings. The number of anilines is 1. The fraction of sp³-hybridized carbons (Fsp3) is 0.182. The highest BCUT2D eigenvalue weighted by Crippen LogP contribution is 2.30. The summed E-state index contributed by atoms with van der Waals surface area (Å²) < 4.78 is 6.13. The van der Waals surface area contributed by atoms with E-state index in [1.165, 1.54) is 6.39 Å². The Kier molecular flexibility index (Phi) is 3.56. The number of aryl methyl sites for hydroxylation is 1. The topological polar surface area (TPSA) is 52.0 Å². The van der Waals surface area contributed by atoms with Gasteiger partial charge in [-0.3, -0.25) is 0 Å². The Morgan fingerprint density at radius 3 is 2.94 bits per heavy atom. The van der Waals surface area contributed by atoms with Gasteiger partial charge in [-0.2, -0.15) is 0 Å². The van der Waals surface area contributed by atoms with Gasteiger partial charge < -0.3 is 10.2 Å². The van der Waals surface area contributed by atoms with Crippen molar-refractivity contribution in [1.82, 2.24) is 4.98 Å². The van der Waals surface area contributed by atoms with Crippen molar-refractivity contribution in [1.29, 1.82) is 0 Å². The molecule has 2 rings (SSSR count). The summed E-state index contributed by atoms with van der Waals surface area (Å²) in [6, 6.07) is 5.88. The molecule has 0 atom stereocenters. The van der Waals surface area contributed by atoms with Crippen molar-refractivity contribution < 1.29 is 4.42 Å². The van der Waals surface area contributed by atoms with Gasteiger partial charge >= 0.3 is 0 Å². The molecule has 0 amide bonds. The van der Waals surface area contributed by atoms with E-state index in [2.05, 4.69) is 20.9 Å². The Balaban J connectivity index is 2.08. The SMILES string of the molecule is Cc1ocnc1CSc1ccc(Br)cc1N. The number of nitrogens with two attached hydrogens (primary N) is 1. The van der Waals surface area contributed by atoms with E-state index < -0.39 is 0 Å². The van der Waals surface area contributed by atoms with Crippen LogP contribution in [0.15, 0.2) is 38.4 Å². The molecule has 0 bridgehead atoms. The van der Waals surface area contributed by atoms with Crippen LogP contribution in [0, 0.1) is 6.92 Å². The molecule has 0 saturated carbocycles. The van der Waals surface area contributed by atoms with Crippen LogP contribution in [-0.4, -0.2) is 4.98 Å². The number of nitrogen functional groups attached to an aromatic ring is 1. The van der Waals surface area contributed by atoms with Crippen LogP contribution < -0.4 is 5.73 Å². The monoisotopic (exact) mass is 298 g/mol. The predicted octanol–water partition coefficient (Wildman–Crippen LogP) is 3.62. The maximum atomic E-state index is 5.90. The molecule has 5 heteroatoms. The van der Waals surface area contributed by atoms with Gasteiger partial charge in [-0.25, -0.2) is 4.98 Å². The minimum absolute atomic E-state index is 0.772. The zero-order chi connectivity index (χ0) is 11.5. The van der Waals surface area contributed by atoms with Gasteiger partial charge in [-0.1, -0.05) is 15.9 Å². The molecule has 84 valence electrons. The molecule has 16 heavy (non-hydrogen) atoms. The number of hydrogen-bond donors (Lipinski definition) is 1. The van der Waals surface area contributed by atoms with E-state index in [-0.39, 0.29) is 0 Å². The Bertz CT molecular complexity index is 498. The average molecular weight is 299 g/mol. The lowest BCUT2D eigenvalue weighted by atomic mass is 10.3. The van der Waals surface area contributed by atoms with Crippen molar-refractivity contribution in [3.05, 3.63) is 40.5 Å². The van der Waals surface area contributed by atoms with Crippen LogP contribution >= 0.6 is 27.7 Å². The van der Waals surface area contributed by atoms with Crippen molar-refractivity contribution in [2.45, 2.75) is 17.6 Å². The van der Waals surface area contributed by atoms with Gasteiger partial charge in [0.2, 0.25) is 0 Å². The normalized spacial score (nSPS) is 10.6. The van der Waals surface area contributed by atoms with Crippen molar-refractivity contribution in [2.24, 2.45) is 0 Å². The van der Waals surface area contributed by atoms with Crippen LogP contribution in [0.3, 0.4) is 0 Å². The molecule has 1 heterocycles. The predicted molar refractivity (Wildman–Crippen MR) is 69.4 cm³/mol. The number of benzene rings is 1. The number of aromatic nitrogens is 1. The Hall–Kier alpha value is -0.940. The highest BCUT2D eigenvalue weighted by atomic mass is 79.9. The highest BCUT2D eigenvalue weighted by molar-refractivity contribution is 9.10. The zero-order valence-corrected chi connectivity index (χ0v) is 11.1. The molecule has 1 aromatic carbocycles. The average Bonchev–Trinajstić information content (AvgIpc) is 2.63. The van der Waals surface area contributed by atoms with E-state index in [0.717, 1.165) is 32.3 Å². The van der Waals surface area contributed by atoms with Gasteiger partial charge in [0.1, 0.15) is 5.76 Å². The van der Waals surface area contributed by atoms with Crippen LogP contribution in [0.5, 0.6) is 0 Å². The highest BCUT2D eigenvalue weighted by Gasteiger charge is 2.06. The number of halogens is 1. The second kappa shape index (κ2) is 4.93. The molecule has 0 radical (unpaired) electrons. The summed E-state index contributed by atoms with van der Waals surface area (Å²) in [5.74, 6) is 1.64. The summed E-state index contributed by atoms with van der Waals surface area (Å²) in [7, 11) is 0. The smallest absolute Gasteiger partial charge is 0.181 e. The maximum absolute atomic E-state index is 5.90. The quantitative estimate of drug-likeness (QED) is 0.694. The summed E-state index contributed by atoms with van der Waals surface area (Å²) >= 11 is 5.04. The third-order valence-electron chi connectivity index (χ3n) is 2.18. The van der Waals surface area contributed by atoms with Crippen LogP contribution in [0.1, 0.15) is 11.5 Å². The van der Waals surface area contributed by atoms with Gasteiger partial charge in [-0.05, 0) is 25.1 Å². The molecule has 0 spiro atoms. The first-order valence-corrected chi connectivity index (χ1v) is 6.51. The number of oxazole rings is 1. The van der Waals surface area contributed by atoms with Gasteiger partial charge in [-0.15, -0.1) is 11.8 Å². The molecule has 0 aliphatic heterocycles. The largest absolute Gasteiger partial charge is 0.448 e. The van der Waals surface area contributed by atoms with Gasteiger partial charge in [0.15, 0.2) is 6.39 Å². The van der Waals surface area contributed by atoms with Crippen molar-refractivity contribution in [2.75, 3.05) is 5.73 Å². The van der Waals surface area contributed by atoms with Crippen LogP contribution in [-0.2, 0) is 5.75 Å². The van der Waals surface area contributed by atoms with Crippen LogP contribution in [0.2, 0.25) is 0 Å². The molecule has 0 aliphatic carbocycles. The molecular weight excluding hydrogens is 288 g/mol. The van der Waals surface area contributed by atoms with E-state index >= 15 is 0 Å². The van der Waals surface area contributed by atoms with Crippen molar-refractivity contribution in [3.8, 4) is 0 Å².